The number of allylic oxidation sites excluding steroid dienone is 2. The predicted molar refractivity (Wildman–Crippen MR) is 74.8 cm³/mol. The van der Waals surface area contributed by atoms with E-state index in [1.54, 1.807) is 32.9 Å². The quantitative estimate of drug-likeness (QED) is 0.720. The molecule has 1 saturated heterocycles. The number of carbonyl (C=O) groups excluding carboxylic acids is 2. The number of amides is 1. The van der Waals surface area contributed by atoms with Crippen molar-refractivity contribution in [3.63, 3.8) is 0 Å². The molecule has 0 saturated carbocycles. The zero-order chi connectivity index (χ0) is 14.6. The van der Waals surface area contributed by atoms with Gasteiger partial charge in [-0.25, -0.2) is 4.79 Å². The lowest BCUT2D eigenvalue weighted by atomic mass is 9.94. The molecular formula is C15H21NO3. The fourth-order valence-electron chi connectivity index (χ4n) is 1.86. The summed E-state index contributed by atoms with van der Waals surface area (Å²) >= 11 is 0. The molecule has 1 amide bonds. The molecule has 1 aliphatic rings. The molecule has 0 bridgehead atoms. The Morgan fingerprint density at radius 1 is 1.47 bits per heavy atom. The molecule has 0 N–H and O–H groups in total. The summed E-state index contributed by atoms with van der Waals surface area (Å²) in [6, 6.07) is -0.510. The van der Waals surface area contributed by atoms with Gasteiger partial charge in [0.25, 0.3) is 0 Å². The van der Waals surface area contributed by atoms with Crippen LogP contribution in [0.25, 0.3) is 0 Å². The van der Waals surface area contributed by atoms with Crippen molar-refractivity contribution in [2.75, 3.05) is 6.54 Å². The molecule has 1 atom stereocenters. The second-order valence-corrected chi connectivity index (χ2v) is 5.55. The summed E-state index contributed by atoms with van der Waals surface area (Å²) in [4.78, 5) is 24.7. The van der Waals surface area contributed by atoms with Crippen LogP contribution in [0, 0.1) is 0 Å². The Hall–Kier alpha value is -1.84. The lowest BCUT2D eigenvalue weighted by molar-refractivity contribution is -0.112. The largest absolute Gasteiger partial charge is 0.444 e. The van der Waals surface area contributed by atoms with Crippen molar-refractivity contribution < 1.29 is 14.3 Å². The third kappa shape index (κ3) is 4.09. The van der Waals surface area contributed by atoms with Gasteiger partial charge in [0.15, 0.2) is 0 Å². The van der Waals surface area contributed by atoms with Crippen molar-refractivity contribution in [2.24, 2.45) is 0 Å². The van der Waals surface area contributed by atoms with E-state index in [1.807, 2.05) is 0 Å². The van der Waals surface area contributed by atoms with Crippen molar-refractivity contribution in [3.8, 4) is 0 Å². The van der Waals surface area contributed by atoms with Crippen LogP contribution in [0.4, 0.5) is 4.79 Å². The summed E-state index contributed by atoms with van der Waals surface area (Å²) in [5.74, 6) is 0. The molecule has 4 heteroatoms. The Kier molecular flexibility index (Phi) is 4.70. The molecule has 1 heterocycles. The minimum absolute atomic E-state index is 0.323. The van der Waals surface area contributed by atoms with Crippen LogP contribution in [-0.2, 0) is 9.53 Å². The van der Waals surface area contributed by atoms with Crippen molar-refractivity contribution in [2.45, 2.75) is 38.8 Å². The second kappa shape index (κ2) is 5.87. The van der Waals surface area contributed by atoms with Crippen molar-refractivity contribution in [3.05, 3.63) is 36.5 Å². The number of likely N-dealkylation sites (tertiary alicyclic amines) is 1. The zero-order valence-corrected chi connectivity index (χ0v) is 11.8. The van der Waals surface area contributed by atoms with Crippen LogP contribution < -0.4 is 0 Å². The third-order valence-electron chi connectivity index (χ3n) is 2.75. The van der Waals surface area contributed by atoms with Gasteiger partial charge in [-0.05, 0) is 38.3 Å². The number of carbonyl (C=O) groups is 2. The van der Waals surface area contributed by atoms with Crippen molar-refractivity contribution >= 4 is 12.4 Å². The SMILES string of the molecule is C=C/C=C1/CN(C(=O)OC(C)(C)C)C(C=O)CC1=C. The van der Waals surface area contributed by atoms with E-state index in [9.17, 15) is 9.59 Å². The van der Waals surface area contributed by atoms with Gasteiger partial charge in [0.05, 0.1) is 12.6 Å². The smallest absolute Gasteiger partial charge is 0.411 e. The normalized spacial score (nSPS) is 22.3. The monoisotopic (exact) mass is 263 g/mol. The van der Waals surface area contributed by atoms with Crippen molar-refractivity contribution in [1.82, 2.24) is 4.90 Å². The van der Waals surface area contributed by atoms with E-state index in [0.717, 1.165) is 17.4 Å². The van der Waals surface area contributed by atoms with Gasteiger partial charge in [-0.1, -0.05) is 25.3 Å². The minimum atomic E-state index is -0.582. The van der Waals surface area contributed by atoms with Gasteiger partial charge < -0.3 is 9.53 Å². The zero-order valence-electron chi connectivity index (χ0n) is 11.8. The standard InChI is InChI=1S/C15H21NO3/c1-6-7-12-9-16(13(10-17)8-11(12)2)14(18)19-15(3,4)5/h6-7,10,13H,1-2,8-9H2,3-5H3/b12-7-. The molecule has 4 nitrogen and oxygen atoms in total. The van der Waals surface area contributed by atoms with Gasteiger partial charge >= 0.3 is 6.09 Å². The maximum Gasteiger partial charge on any atom is 0.411 e. The first-order valence-electron chi connectivity index (χ1n) is 6.23. The lowest BCUT2D eigenvalue weighted by Gasteiger charge is -2.36. The molecule has 1 fully saturated rings. The number of nitrogens with zero attached hydrogens (tertiary/aromatic N) is 1. The number of hydrogen-bond acceptors (Lipinski definition) is 3. The summed E-state index contributed by atoms with van der Waals surface area (Å²) in [5.41, 5.74) is 1.18. The summed E-state index contributed by atoms with van der Waals surface area (Å²) in [6.07, 6.45) is 4.17. The highest BCUT2D eigenvalue weighted by molar-refractivity contribution is 5.75. The minimum Gasteiger partial charge on any atom is -0.444 e. The van der Waals surface area contributed by atoms with Gasteiger partial charge in [0, 0.05) is 0 Å². The van der Waals surface area contributed by atoms with E-state index in [4.69, 9.17) is 4.74 Å². The molecule has 104 valence electrons. The Labute approximate surface area is 114 Å². The molecule has 0 aromatic heterocycles. The van der Waals surface area contributed by atoms with Crippen LogP contribution in [0.15, 0.2) is 36.5 Å². The van der Waals surface area contributed by atoms with E-state index in [0.29, 0.717) is 13.0 Å². The van der Waals surface area contributed by atoms with Crippen LogP contribution >= 0.6 is 0 Å². The number of ether oxygens (including phenoxy) is 1. The Morgan fingerprint density at radius 3 is 2.58 bits per heavy atom. The van der Waals surface area contributed by atoms with Gasteiger partial charge in [0.1, 0.15) is 11.9 Å². The highest BCUT2D eigenvalue weighted by atomic mass is 16.6. The highest BCUT2D eigenvalue weighted by Crippen LogP contribution is 2.26. The average molecular weight is 263 g/mol. The maximum absolute atomic E-state index is 12.1. The first-order valence-corrected chi connectivity index (χ1v) is 6.23. The Balaban J connectivity index is 2.92. The van der Waals surface area contributed by atoms with Crippen LogP contribution in [0.1, 0.15) is 27.2 Å². The first kappa shape index (κ1) is 15.2. The van der Waals surface area contributed by atoms with Gasteiger partial charge in [-0.15, -0.1) is 0 Å². The number of piperidine rings is 1. The fourth-order valence-corrected chi connectivity index (χ4v) is 1.86. The first-order chi connectivity index (χ1) is 8.78. The maximum atomic E-state index is 12.1. The van der Waals surface area contributed by atoms with Crippen LogP contribution in [0.5, 0.6) is 0 Å². The number of hydrogen-bond donors (Lipinski definition) is 0. The lowest BCUT2D eigenvalue weighted by Crippen LogP contribution is -2.48. The number of aldehydes is 1. The number of rotatable bonds is 2. The molecule has 1 unspecified atom stereocenters. The Bertz CT molecular complexity index is 429. The van der Waals surface area contributed by atoms with E-state index in [-0.39, 0.29) is 0 Å². The molecule has 0 aromatic carbocycles. The Morgan fingerprint density at radius 2 is 2.11 bits per heavy atom. The van der Waals surface area contributed by atoms with E-state index in [1.165, 1.54) is 4.90 Å². The third-order valence-corrected chi connectivity index (χ3v) is 2.75. The van der Waals surface area contributed by atoms with Crippen LogP contribution in [-0.4, -0.2) is 35.5 Å². The summed E-state index contributed by atoms with van der Waals surface area (Å²) in [5, 5.41) is 0. The fraction of sp³-hybridized carbons (Fsp3) is 0.467. The summed E-state index contributed by atoms with van der Waals surface area (Å²) in [7, 11) is 0. The van der Waals surface area contributed by atoms with E-state index in [2.05, 4.69) is 13.2 Å². The molecule has 19 heavy (non-hydrogen) atoms. The van der Waals surface area contributed by atoms with E-state index >= 15 is 0 Å². The van der Waals surface area contributed by atoms with Crippen LogP contribution in [0.3, 0.4) is 0 Å². The molecule has 0 spiro atoms. The molecule has 1 aliphatic heterocycles. The summed E-state index contributed by atoms with van der Waals surface area (Å²) < 4.78 is 5.32. The van der Waals surface area contributed by atoms with Crippen molar-refractivity contribution in [1.29, 1.82) is 0 Å². The second-order valence-electron chi connectivity index (χ2n) is 5.55. The predicted octanol–water partition coefficient (Wildman–Crippen LogP) is 2.86. The molecule has 0 aliphatic carbocycles. The molecule has 1 rings (SSSR count). The summed E-state index contributed by atoms with van der Waals surface area (Å²) in [6.45, 7) is 13.3. The van der Waals surface area contributed by atoms with Crippen LogP contribution in [0.2, 0.25) is 0 Å². The molecule has 0 aromatic rings. The average Bonchev–Trinajstić information content (AvgIpc) is 2.29. The van der Waals surface area contributed by atoms with Gasteiger partial charge in [-0.3, -0.25) is 4.90 Å². The molecular weight excluding hydrogens is 242 g/mol. The van der Waals surface area contributed by atoms with E-state index < -0.39 is 17.7 Å². The topological polar surface area (TPSA) is 46.6 Å². The molecule has 0 radical (unpaired) electrons. The van der Waals surface area contributed by atoms with Gasteiger partial charge in [0.2, 0.25) is 0 Å². The van der Waals surface area contributed by atoms with Gasteiger partial charge in [-0.2, -0.15) is 0 Å². The highest BCUT2D eigenvalue weighted by Gasteiger charge is 2.33.